The molecule has 10 heteroatoms. The van der Waals surface area contributed by atoms with Crippen LogP contribution >= 0.6 is 0 Å². The number of hydrogen-bond acceptors (Lipinski definition) is 6. The van der Waals surface area contributed by atoms with E-state index in [0.717, 1.165) is 6.07 Å². The summed E-state index contributed by atoms with van der Waals surface area (Å²) in [6.45, 7) is 0.348. The highest BCUT2D eigenvalue weighted by atomic mass is 19.3. The minimum atomic E-state index is -3.04. The van der Waals surface area contributed by atoms with Crippen molar-refractivity contribution in [1.29, 1.82) is 0 Å². The van der Waals surface area contributed by atoms with Crippen molar-refractivity contribution in [2.45, 2.75) is 20.5 Å². The van der Waals surface area contributed by atoms with E-state index in [1.54, 1.807) is 0 Å². The number of rotatable bonds is 10. The third-order valence-corrected chi connectivity index (χ3v) is 3.11. The molecular formula is C17H22F2N2O6. The molecule has 0 aliphatic heterocycles. The van der Waals surface area contributed by atoms with Crippen molar-refractivity contribution in [2.75, 3.05) is 26.8 Å². The second-order valence-corrected chi connectivity index (χ2v) is 5.79. The standard InChI is InChI=1S/C17H22F2N2O6/c1-10(2)7-20-14(22)9-26-15(23)8-21-16(24)11-4-5-12(27-17(18)19)13(6-11)25-3/h4-6,10,17H,7-9H2,1-3H3,(H,20,22)(H,21,24). The highest BCUT2D eigenvalue weighted by molar-refractivity contribution is 5.96. The number of carbonyl (C=O) groups is 3. The molecule has 0 fully saturated rings. The number of hydrogen-bond donors (Lipinski definition) is 2. The second kappa shape index (κ2) is 10.9. The van der Waals surface area contributed by atoms with E-state index in [0.29, 0.717) is 6.54 Å². The molecule has 1 aromatic rings. The summed E-state index contributed by atoms with van der Waals surface area (Å²) in [7, 11) is 1.23. The van der Waals surface area contributed by atoms with Gasteiger partial charge in [-0.1, -0.05) is 13.8 Å². The molecule has 0 aliphatic carbocycles. The lowest BCUT2D eigenvalue weighted by atomic mass is 10.2. The minimum absolute atomic E-state index is 0.0626. The number of methoxy groups -OCH3 is 1. The summed E-state index contributed by atoms with van der Waals surface area (Å²) in [6.07, 6.45) is 0. The first kappa shape index (κ1) is 22.1. The summed E-state index contributed by atoms with van der Waals surface area (Å²) < 4.78 is 38.5. The fourth-order valence-corrected chi connectivity index (χ4v) is 1.82. The number of carbonyl (C=O) groups excluding carboxylic acids is 3. The summed E-state index contributed by atoms with van der Waals surface area (Å²) >= 11 is 0. The van der Waals surface area contributed by atoms with E-state index in [2.05, 4.69) is 15.4 Å². The molecule has 0 saturated carbocycles. The molecule has 0 aromatic heterocycles. The Morgan fingerprint density at radius 2 is 1.81 bits per heavy atom. The Hall–Kier alpha value is -2.91. The number of ether oxygens (including phenoxy) is 3. The Morgan fingerprint density at radius 3 is 2.41 bits per heavy atom. The van der Waals surface area contributed by atoms with Crippen LogP contribution in [0.15, 0.2) is 18.2 Å². The van der Waals surface area contributed by atoms with Crippen LogP contribution in [0.4, 0.5) is 8.78 Å². The van der Waals surface area contributed by atoms with Gasteiger partial charge >= 0.3 is 12.6 Å². The van der Waals surface area contributed by atoms with Crippen LogP contribution in [0.5, 0.6) is 11.5 Å². The maximum Gasteiger partial charge on any atom is 0.387 e. The van der Waals surface area contributed by atoms with Crippen molar-refractivity contribution >= 4 is 17.8 Å². The van der Waals surface area contributed by atoms with Crippen LogP contribution in [0.25, 0.3) is 0 Å². The van der Waals surface area contributed by atoms with Crippen LogP contribution in [0, 0.1) is 5.92 Å². The van der Waals surface area contributed by atoms with Gasteiger partial charge in [0.1, 0.15) is 6.54 Å². The van der Waals surface area contributed by atoms with Gasteiger partial charge in [-0.25, -0.2) is 0 Å². The van der Waals surface area contributed by atoms with Crippen molar-refractivity contribution < 1.29 is 37.4 Å². The Kier molecular flexibility index (Phi) is 8.97. The number of esters is 1. The predicted molar refractivity (Wildman–Crippen MR) is 90.8 cm³/mol. The number of halogens is 2. The Labute approximate surface area is 155 Å². The van der Waals surface area contributed by atoms with Gasteiger partial charge in [-0.3, -0.25) is 14.4 Å². The van der Waals surface area contributed by atoms with E-state index in [4.69, 9.17) is 9.47 Å². The maximum absolute atomic E-state index is 12.3. The van der Waals surface area contributed by atoms with Crippen molar-refractivity contribution in [1.82, 2.24) is 10.6 Å². The molecule has 8 nitrogen and oxygen atoms in total. The van der Waals surface area contributed by atoms with Gasteiger partial charge in [0.05, 0.1) is 7.11 Å². The molecular weight excluding hydrogens is 366 g/mol. The number of nitrogens with one attached hydrogen (secondary N) is 2. The smallest absolute Gasteiger partial charge is 0.387 e. The third kappa shape index (κ3) is 8.34. The molecule has 1 rings (SSSR count). The summed E-state index contributed by atoms with van der Waals surface area (Å²) in [5, 5.41) is 4.87. The van der Waals surface area contributed by atoms with Gasteiger partial charge in [-0.05, 0) is 24.1 Å². The molecule has 2 N–H and O–H groups in total. The largest absolute Gasteiger partial charge is 0.493 e. The molecule has 27 heavy (non-hydrogen) atoms. The van der Waals surface area contributed by atoms with E-state index < -0.39 is 37.5 Å². The molecule has 1 aromatic carbocycles. The Bertz CT molecular complexity index is 667. The van der Waals surface area contributed by atoms with Gasteiger partial charge in [-0.2, -0.15) is 8.78 Å². The molecule has 0 unspecified atom stereocenters. The highest BCUT2D eigenvalue weighted by Crippen LogP contribution is 2.29. The van der Waals surface area contributed by atoms with Gasteiger partial charge in [0.2, 0.25) is 0 Å². The first-order chi connectivity index (χ1) is 12.7. The van der Waals surface area contributed by atoms with E-state index >= 15 is 0 Å². The molecule has 0 radical (unpaired) electrons. The molecule has 0 saturated heterocycles. The van der Waals surface area contributed by atoms with Gasteiger partial charge < -0.3 is 24.8 Å². The van der Waals surface area contributed by atoms with E-state index in [1.807, 2.05) is 13.8 Å². The first-order valence-corrected chi connectivity index (χ1v) is 8.06. The number of amides is 2. The minimum Gasteiger partial charge on any atom is -0.493 e. The zero-order valence-electron chi connectivity index (χ0n) is 15.2. The molecule has 0 bridgehead atoms. The van der Waals surface area contributed by atoms with Crippen molar-refractivity contribution in [3.63, 3.8) is 0 Å². The average molecular weight is 388 g/mol. The third-order valence-electron chi connectivity index (χ3n) is 3.11. The van der Waals surface area contributed by atoms with Crippen LogP contribution in [0.3, 0.4) is 0 Å². The maximum atomic E-state index is 12.3. The number of alkyl halides is 2. The van der Waals surface area contributed by atoms with Crippen LogP contribution < -0.4 is 20.1 Å². The topological polar surface area (TPSA) is 103 Å². The van der Waals surface area contributed by atoms with Crippen LogP contribution in [-0.2, 0) is 14.3 Å². The lowest BCUT2D eigenvalue weighted by molar-refractivity contribution is -0.147. The van der Waals surface area contributed by atoms with E-state index in [-0.39, 0.29) is 23.0 Å². The van der Waals surface area contributed by atoms with Crippen LogP contribution in [0.2, 0.25) is 0 Å². The molecule has 0 aliphatic rings. The monoisotopic (exact) mass is 388 g/mol. The summed E-state index contributed by atoms with van der Waals surface area (Å²) in [5.74, 6) is -1.92. The average Bonchev–Trinajstić information content (AvgIpc) is 2.62. The zero-order chi connectivity index (χ0) is 20.4. The van der Waals surface area contributed by atoms with Gasteiger partial charge in [0, 0.05) is 12.1 Å². The van der Waals surface area contributed by atoms with Gasteiger partial charge in [-0.15, -0.1) is 0 Å². The lowest BCUT2D eigenvalue weighted by Crippen LogP contribution is -2.35. The summed E-state index contributed by atoms with van der Waals surface area (Å²) in [5.41, 5.74) is 0.0657. The van der Waals surface area contributed by atoms with Crippen LogP contribution in [0.1, 0.15) is 24.2 Å². The highest BCUT2D eigenvalue weighted by Gasteiger charge is 2.15. The Morgan fingerprint density at radius 1 is 1.11 bits per heavy atom. The summed E-state index contributed by atoms with van der Waals surface area (Å²) in [4.78, 5) is 35.0. The van der Waals surface area contributed by atoms with Crippen LogP contribution in [-0.4, -0.2) is 51.2 Å². The molecule has 2 amide bonds. The lowest BCUT2D eigenvalue weighted by Gasteiger charge is -2.11. The van der Waals surface area contributed by atoms with E-state index in [9.17, 15) is 23.2 Å². The molecule has 150 valence electrons. The summed E-state index contributed by atoms with van der Waals surface area (Å²) in [6, 6.07) is 3.58. The molecule has 0 atom stereocenters. The zero-order valence-corrected chi connectivity index (χ0v) is 15.2. The van der Waals surface area contributed by atoms with Crippen molar-refractivity contribution in [3.05, 3.63) is 23.8 Å². The second-order valence-electron chi connectivity index (χ2n) is 5.79. The van der Waals surface area contributed by atoms with Gasteiger partial charge in [0.15, 0.2) is 18.1 Å². The number of benzene rings is 1. The van der Waals surface area contributed by atoms with Crippen molar-refractivity contribution in [2.24, 2.45) is 5.92 Å². The Balaban J connectivity index is 2.49. The normalized spacial score (nSPS) is 10.5. The first-order valence-electron chi connectivity index (χ1n) is 8.06. The van der Waals surface area contributed by atoms with Crippen molar-refractivity contribution in [3.8, 4) is 11.5 Å². The predicted octanol–water partition coefficient (Wildman–Crippen LogP) is 1.34. The van der Waals surface area contributed by atoms with E-state index in [1.165, 1.54) is 19.2 Å². The SMILES string of the molecule is COc1cc(C(=O)NCC(=O)OCC(=O)NCC(C)C)ccc1OC(F)F. The fraction of sp³-hybridized carbons (Fsp3) is 0.471. The quantitative estimate of drug-likeness (QED) is 0.587. The molecule has 0 spiro atoms. The van der Waals surface area contributed by atoms with Gasteiger partial charge in [0.25, 0.3) is 11.8 Å². The molecule has 0 heterocycles. The fourth-order valence-electron chi connectivity index (χ4n) is 1.82.